The van der Waals surface area contributed by atoms with Crippen LogP contribution in [-0.2, 0) is 10.9 Å². The molecule has 8 heteroatoms. The van der Waals surface area contributed by atoms with Gasteiger partial charge in [-0.15, -0.1) is 9.24 Å². The molecule has 1 unspecified atom stereocenters. The van der Waals surface area contributed by atoms with Crippen molar-refractivity contribution in [3.8, 4) is 0 Å². The summed E-state index contributed by atoms with van der Waals surface area (Å²) in [6.07, 6.45) is -4.37. The van der Waals surface area contributed by atoms with Crippen LogP contribution in [0.15, 0.2) is 23.2 Å². The molecule has 1 aliphatic rings. The van der Waals surface area contributed by atoms with Gasteiger partial charge in [-0.3, -0.25) is 0 Å². The van der Waals surface area contributed by atoms with Gasteiger partial charge in [0.25, 0.3) is 0 Å². The Morgan fingerprint density at radius 2 is 1.77 bits per heavy atom. The topological polar surface area (TPSA) is 21.6 Å². The van der Waals surface area contributed by atoms with E-state index in [2.05, 4.69) is 14.2 Å². The van der Waals surface area contributed by atoms with Gasteiger partial charge in [-0.2, -0.15) is 13.2 Å². The number of rotatable bonds is 1. The summed E-state index contributed by atoms with van der Waals surface area (Å²) >= 11 is 0. The molecular formula is C14H17Al2F3NOP. The highest BCUT2D eigenvalue weighted by Crippen LogP contribution is 2.31. The fourth-order valence-electron chi connectivity index (χ4n) is 1.88. The predicted octanol–water partition coefficient (Wildman–Crippen LogP) is 2.64. The number of benzene rings is 1. The number of alkyl halides is 3. The Morgan fingerprint density at radius 3 is 2.23 bits per heavy atom. The summed E-state index contributed by atoms with van der Waals surface area (Å²) in [6, 6.07) is 3.52. The van der Waals surface area contributed by atoms with E-state index in [1.54, 1.807) is 0 Å². The first kappa shape index (κ1) is 22.0. The lowest BCUT2D eigenvalue weighted by molar-refractivity contribution is -0.137. The summed E-state index contributed by atoms with van der Waals surface area (Å²) in [5.74, 6) is 0.293. The summed E-state index contributed by atoms with van der Waals surface area (Å²) in [5, 5.41) is 0.645. The van der Waals surface area contributed by atoms with Crippen LogP contribution in [0.3, 0.4) is 0 Å². The maximum Gasteiger partial charge on any atom is 0.416 e. The van der Waals surface area contributed by atoms with Crippen molar-refractivity contribution in [2.45, 2.75) is 33.0 Å². The molecule has 1 heterocycles. The van der Waals surface area contributed by atoms with Crippen LogP contribution in [0, 0.1) is 5.41 Å². The van der Waals surface area contributed by atoms with E-state index in [1.807, 2.05) is 20.8 Å². The average Bonchev–Trinajstić information content (AvgIpc) is 2.76. The van der Waals surface area contributed by atoms with E-state index < -0.39 is 11.7 Å². The highest BCUT2D eigenvalue weighted by Gasteiger charge is 2.34. The molecule has 0 aliphatic carbocycles. The van der Waals surface area contributed by atoms with Gasteiger partial charge < -0.3 is 4.74 Å². The van der Waals surface area contributed by atoms with Crippen LogP contribution in [-0.4, -0.2) is 53.3 Å². The third-order valence-electron chi connectivity index (χ3n) is 3.26. The zero-order valence-electron chi connectivity index (χ0n) is 12.7. The van der Waals surface area contributed by atoms with Crippen molar-refractivity contribution >= 4 is 55.2 Å². The summed E-state index contributed by atoms with van der Waals surface area (Å²) < 4.78 is 43.8. The Hall–Kier alpha value is -0.0251. The summed E-state index contributed by atoms with van der Waals surface area (Å²) in [5.41, 5.74) is -0.384. The van der Waals surface area contributed by atoms with Gasteiger partial charge in [-0.1, -0.05) is 26.8 Å². The number of ether oxygens (including phenoxy) is 1. The largest absolute Gasteiger partial charge is 0.475 e. The Kier molecular flexibility index (Phi) is 7.69. The number of hydrogen-bond acceptors (Lipinski definition) is 2. The van der Waals surface area contributed by atoms with Crippen molar-refractivity contribution in [1.29, 1.82) is 0 Å². The molecule has 1 aromatic carbocycles. The zero-order chi connectivity index (χ0) is 15.1. The first-order valence-corrected chi connectivity index (χ1v) is 6.84. The minimum absolute atomic E-state index is 0. The van der Waals surface area contributed by atoms with Crippen molar-refractivity contribution in [3.63, 3.8) is 0 Å². The van der Waals surface area contributed by atoms with Crippen molar-refractivity contribution in [1.82, 2.24) is 0 Å². The number of aliphatic imine (C=N–C) groups is 1. The van der Waals surface area contributed by atoms with Gasteiger partial charge in [0.2, 0.25) is 5.90 Å². The highest BCUT2D eigenvalue weighted by molar-refractivity contribution is 7.27. The Morgan fingerprint density at radius 1 is 1.18 bits per heavy atom. The fraction of sp³-hybridized carbons (Fsp3) is 0.500. The quantitative estimate of drug-likeness (QED) is 0.559. The van der Waals surface area contributed by atoms with Crippen molar-refractivity contribution in [3.05, 3.63) is 29.3 Å². The van der Waals surface area contributed by atoms with Crippen LogP contribution in [0.1, 0.15) is 31.9 Å². The molecule has 0 spiro atoms. The van der Waals surface area contributed by atoms with Crippen LogP contribution >= 0.6 is 9.24 Å². The first-order chi connectivity index (χ1) is 9.09. The molecule has 0 N–H and O–H groups in total. The van der Waals surface area contributed by atoms with Gasteiger partial charge >= 0.3 is 6.18 Å². The molecule has 1 aromatic rings. The lowest BCUT2D eigenvalue weighted by Gasteiger charge is -2.21. The minimum Gasteiger partial charge on any atom is -0.475 e. The Labute approximate surface area is 152 Å². The van der Waals surface area contributed by atoms with E-state index in [1.165, 1.54) is 6.07 Å². The maximum atomic E-state index is 12.8. The molecule has 0 saturated heterocycles. The monoisotopic (exact) mass is 357 g/mol. The van der Waals surface area contributed by atoms with Crippen LogP contribution < -0.4 is 5.30 Å². The third kappa shape index (κ3) is 4.99. The average molecular weight is 357 g/mol. The summed E-state index contributed by atoms with van der Waals surface area (Å²) in [4.78, 5) is 4.43. The first-order valence-electron chi connectivity index (χ1n) is 6.27. The molecule has 116 valence electrons. The molecule has 22 heavy (non-hydrogen) atoms. The zero-order valence-corrected chi connectivity index (χ0v) is 16.2. The van der Waals surface area contributed by atoms with Crippen molar-refractivity contribution in [2.75, 3.05) is 6.61 Å². The van der Waals surface area contributed by atoms with Crippen LogP contribution in [0.2, 0.25) is 0 Å². The highest BCUT2D eigenvalue weighted by atomic mass is 31.0. The molecule has 0 fully saturated rings. The molecular weight excluding hydrogens is 340 g/mol. The van der Waals surface area contributed by atoms with Gasteiger partial charge in [-0.25, -0.2) is 4.99 Å². The molecule has 0 bridgehead atoms. The maximum absolute atomic E-state index is 12.8. The van der Waals surface area contributed by atoms with Gasteiger partial charge in [-0.05, 0) is 22.9 Å². The Balaban J connectivity index is 0.00000220. The number of nitrogens with zero attached hydrogens (tertiary/aromatic N) is 1. The Bertz CT molecular complexity index is 556. The lowest BCUT2D eigenvalue weighted by Crippen LogP contribution is -2.25. The summed E-state index contributed by atoms with van der Waals surface area (Å²) in [7, 11) is 2.42. The van der Waals surface area contributed by atoms with Gasteiger partial charge in [0.05, 0.1) is 11.6 Å². The molecule has 2 atom stereocenters. The SMILES string of the molecule is CC(C)(C)[C@@H]1COC(c2cc(C(F)(F)F)ccc2P)=N1.[Al].[Al]. The molecule has 0 aromatic heterocycles. The van der Waals surface area contributed by atoms with Crippen LogP contribution in [0.25, 0.3) is 0 Å². The smallest absolute Gasteiger partial charge is 0.416 e. The molecule has 6 radical (unpaired) electrons. The normalized spacial score (nSPS) is 18.0. The van der Waals surface area contributed by atoms with E-state index in [-0.39, 0.29) is 46.2 Å². The van der Waals surface area contributed by atoms with Crippen molar-refractivity contribution in [2.24, 2.45) is 10.4 Å². The van der Waals surface area contributed by atoms with Gasteiger partial charge in [0.1, 0.15) is 6.61 Å². The standard InChI is InChI=1S/C14H17F3NOP.2Al/c1-13(2,3)11-7-19-12(18-11)9-6-8(14(15,16)17)4-5-10(9)20;;/h4-6,11H,7,20H2,1-3H3;;/t11-;;/m0../s1. The van der Waals surface area contributed by atoms with Crippen molar-refractivity contribution < 1.29 is 17.9 Å². The molecule has 1 aliphatic heterocycles. The van der Waals surface area contributed by atoms with E-state index in [0.717, 1.165) is 12.1 Å². The van der Waals surface area contributed by atoms with Gasteiger partial charge in [0, 0.05) is 40.3 Å². The lowest BCUT2D eigenvalue weighted by atomic mass is 9.88. The molecule has 2 nitrogen and oxygen atoms in total. The van der Waals surface area contributed by atoms with Crippen LogP contribution in [0.5, 0.6) is 0 Å². The fourth-order valence-corrected chi connectivity index (χ4v) is 2.19. The summed E-state index contributed by atoms with van der Waals surface area (Å²) in [6.45, 7) is 6.49. The number of hydrogen-bond donors (Lipinski definition) is 0. The van der Waals surface area contributed by atoms with E-state index in [4.69, 9.17) is 4.74 Å². The second-order valence-electron chi connectivity index (χ2n) is 5.93. The third-order valence-corrected chi connectivity index (χ3v) is 3.77. The second-order valence-corrected chi connectivity index (χ2v) is 6.55. The molecule has 2 rings (SSSR count). The van der Waals surface area contributed by atoms with Gasteiger partial charge in [0.15, 0.2) is 0 Å². The predicted molar refractivity (Wildman–Crippen MR) is 88.0 cm³/mol. The second kappa shape index (κ2) is 7.70. The van der Waals surface area contributed by atoms with Crippen LogP contribution in [0.4, 0.5) is 13.2 Å². The molecule has 0 saturated carbocycles. The van der Waals surface area contributed by atoms with E-state index >= 15 is 0 Å². The van der Waals surface area contributed by atoms with E-state index in [0.29, 0.717) is 23.4 Å². The van der Waals surface area contributed by atoms with E-state index in [9.17, 15) is 13.2 Å². The molecule has 0 amide bonds. The number of halogens is 3. The minimum atomic E-state index is -4.37.